The van der Waals surface area contributed by atoms with Crippen LogP contribution in [0.15, 0.2) is 10.6 Å². The van der Waals surface area contributed by atoms with E-state index in [1.54, 1.807) is 15.9 Å². The Morgan fingerprint density at radius 2 is 1.44 bits per heavy atom. The van der Waals surface area contributed by atoms with Gasteiger partial charge >= 0.3 is 6.18 Å². The topological polar surface area (TPSA) is 0 Å². The molecule has 0 aliphatic carbocycles. The molecule has 6 heteroatoms. The van der Waals surface area contributed by atoms with Crippen molar-refractivity contribution in [2.75, 3.05) is 0 Å². The minimum absolute atomic E-state index is 1.69. The number of hydrogen-bond acceptors (Lipinski definition) is 0. The summed E-state index contributed by atoms with van der Waals surface area (Å²) in [6, 6.07) is 0. The third-order valence-electron chi connectivity index (χ3n) is 0.415. The molecule has 0 saturated carbocycles. The Balaban J connectivity index is 4.40. The highest BCUT2D eigenvalue weighted by molar-refractivity contribution is 9.11. The van der Waals surface area contributed by atoms with E-state index in [-0.39, 0.29) is 0 Å². The minimum atomic E-state index is -5.23. The minimum Gasteiger partial charge on any atom is -0.198 e. The van der Waals surface area contributed by atoms with Crippen molar-refractivity contribution < 1.29 is 22.0 Å². The Bertz CT molecular complexity index is 130. The van der Waals surface area contributed by atoms with Gasteiger partial charge < -0.3 is 0 Å². The van der Waals surface area contributed by atoms with Crippen LogP contribution in [0.1, 0.15) is 0 Å². The van der Waals surface area contributed by atoms with Gasteiger partial charge in [0.25, 0.3) is 0 Å². The van der Waals surface area contributed by atoms with Gasteiger partial charge in [0, 0.05) is 0 Å². The number of alkyl halides is 3. The normalized spacial score (nSPS) is 15.3. The fourth-order valence-electron chi connectivity index (χ4n) is 0.107. The standard InChI is InChI=1S/C3BrF5/c4-2(6)1(5)3(7,8)9/b2-1+. The molecule has 0 N–H and O–H groups in total. The Morgan fingerprint density at radius 1 is 1.11 bits per heavy atom. The molecule has 0 spiro atoms. The summed E-state index contributed by atoms with van der Waals surface area (Å²) < 4.78 is 53.6. The van der Waals surface area contributed by atoms with Crippen molar-refractivity contribution in [1.82, 2.24) is 0 Å². The van der Waals surface area contributed by atoms with Crippen molar-refractivity contribution in [3.63, 3.8) is 0 Å². The molecule has 0 radical (unpaired) electrons. The van der Waals surface area contributed by atoms with E-state index in [4.69, 9.17) is 0 Å². The van der Waals surface area contributed by atoms with Crippen LogP contribution in [-0.2, 0) is 0 Å². The fourth-order valence-corrected chi connectivity index (χ4v) is 0.332. The molecule has 0 heterocycles. The molecule has 0 atom stereocenters. The first-order valence-electron chi connectivity index (χ1n) is 1.63. The molecule has 0 saturated heterocycles. The molecule has 0 nitrogen and oxygen atoms in total. The van der Waals surface area contributed by atoms with Crippen molar-refractivity contribution in [2.24, 2.45) is 0 Å². The van der Waals surface area contributed by atoms with Crippen LogP contribution in [0.3, 0.4) is 0 Å². The van der Waals surface area contributed by atoms with E-state index in [1.807, 2.05) is 0 Å². The second kappa shape index (κ2) is 2.64. The lowest BCUT2D eigenvalue weighted by Crippen LogP contribution is -2.07. The van der Waals surface area contributed by atoms with Crippen LogP contribution in [0.25, 0.3) is 0 Å². The Kier molecular flexibility index (Phi) is 2.60. The van der Waals surface area contributed by atoms with Crippen molar-refractivity contribution in [1.29, 1.82) is 0 Å². The summed E-state index contributed by atoms with van der Waals surface area (Å²) in [7, 11) is 0. The average Bonchev–Trinajstić information content (AvgIpc) is 1.62. The largest absolute Gasteiger partial charge is 0.446 e. The summed E-state index contributed by atoms with van der Waals surface area (Å²) in [4.78, 5) is 0. The molecule has 0 unspecified atom stereocenters. The molecular formula is C3BrF5. The first kappa shape index (κ1) is 8.87. The van der Waals surface area contributed by atoms with Crippen molar-refractivity contribution in [3.05, 3.63) is 10.6 Å². The maximum Gasteiger partial charge on any atom is 0.446 e. The zero-order chi connectivity index (χ0) is 7.65. The number of halogens is 6. The van der Waals surface area contributed by atoms with Crippen LogP contribution in [0.4, 0.5) is 22.0 Å². The summed E-state index contributed by atoms with van der Waals surface area (Å²) in [6.07, 6.45) is -5.23. The highest BCUT2D eigenvalue weighted by Gasteiger charge is 2.37. The molecule has 0 aromatic carbocycles. The van der Waals surface area contributed by atoms with E-state index < -0.39 is 16.7 Å². The molecule has 0 amide bonds. The van der Waals surface area contributed by atoms with E-state index in [1.165, 1.54) is 0 Å². The second-order valence-electron chi connectivity index (χ2n) is 1.07. The van der Waals surface area contributed by atoms with Crippen LogP contribution in [0.5, 0.6) is 0 Å². The fraction of sp³-hybridized carbons (Fsp3) is 0.333. The van der Waals surface area contributed by atoms with E-state index in [0.29, 0.717) is 0 Å². The number of allylic oxidation sites excluding steroid dienone is 1. The van der Waals surface area contributed by atoms with Gasteiger partial charge in [-0.05, 0) is 15.9 Å². The van der Waals surface area contributed by atoms with Gasteiger partial charge in [0.05, 0.1) is 0 Å². The first-order chi connectivity index (χ1) is 3.85. The zero-order valence-electron chi connectivity index (χ0n) is 3.77. The monoisotopic (exact) mass is 210 g/mol. The smallest absolute Gasteiger partial charge is 0.198 e. The molecule has 54 valence electrons. The number of hydrogen-bond donors (Lipinski definition) is 0. The highest BCUT2D eigenvalue weighted by Crippen LogP contribution is 2.31. The van der Waals surface area contributed by atoms with Gasteiger partial charge in [0.15, 0.2) is 0 Å². The van der Waals surface area contributed by atoms with Gasteiger partial charge in [-0.3, -0.25) is 0 Å². The maximum atomic E-state index is 11.4. The lowest BCUT2D eigenvalue weighted by molar-refractivity contribution is -0.110. The molecule has 0 aliphatic rings. The molecule has 0 aromatic rings. The van der Waals surface area contributed by atoms with E-state index in [2.05, 4.69) is 0 Å². The van der Waals surface area contributed by atoms with Gasteiger partial charge in [0.1, 0.15) is 0 Å². The van der Waals surface area contributed by atoms with E-state index >= 15 is 0 Å². The Hall–Kier alpha value is -0.130. The van der Waals surface area contributed by atoms with Crippen LogP contribution < -0.4 is 0 Å². The average molecular weight is 211 g/mol. The summed E-state index contributed by atoms with van der Waals surface area (Å²) in [6.45, 7) is 0. The third kappa shape index (κ3) is 2.78. The molecule has 0 aliphatic heterocycles. The molecule has 0 rings (SSSR count). The van der Waals surface area contributed by atoms with Crippen LogP contribution in [0.2, 0.25) is 0 Å². The van der Waals surface area contributed by atoms with Gasteiger partial charge in [-0.15, -0.1) is 0 Å². The zero-order valence-corrected chi connectivity index (χ0v) is 5.35. The Morgan fingerprint density at radius 3 is 1.44 bits per heavy atom. The SMILES string of the molecule is F/C(Br)=C(/F)C(F)(F)F. The summed E-state index contributed by atoms with van der Waals surface area (Å²) in [5, 5.41) is 0. The number of rotatable bonds is 0. The highest BCUT2D eigenvalue weighted by atomic mass is 79.9. The van der Waals surface area contributed by atoms with Crippen LogP contribution in [-0.4, -0.2) is 6.18 Å². The quantitative estimate of drug-likeness (QED) is 0.540. The van der Waals surface area contributed by atoms with Gasteiger partial charge in [-0.25, -0.2) is 0 Å². The maximum absolute atomic E-state index is 11.4. The lowest BCUT2D eigenvalue weighted by atomic mass is 10.6. The van der Waals surface area contributed by atoms with Crippen molar-refractivity contribution in [2.45, 2.75) is 6.18 Å². The van der Waals surface area contributed by atoms with Gasteiger partial charge in [0.2, 0.25) is 10.6 Å². The van der Waals surface area contributed by atoms with Gasteiger partial charge in [-0.1, -0.05) is 0 Å². The molecule has 0 aromatic heterocycles. The predicted octanol–water partition coefficient (Wildman–Crippen LogP) is 3.05. The molecular weight excluding hydrogens is 211 g/mol. The van der Waals surface area contributed by atoms with Crippen LogP contribution in [0, 0.1) is 0 Å². The Labute approximate surface area is 55.5 Å². The van der Waals surface area contributed by atoms with Crippen molar-refractivity contribution in [3.8, 4) is 0 Å². The molecule has 0 bridgehead atoms. The van der Waals surface area contributed by atoms with E-state index in [9.17, 15) is 22.0 Å². The second-order valence-corrected chi connectivity index (χ2v) is 1.77. The van der Waals surface area contributed by atoms with Crippen molar-refractivity contribution >= 4 is 15.9 Å². The summed E-state index contributed by atoms with van der Waals surface area (Å²) >= 11 is 1.69. The molecule has 0 fully saturated rings. The third-order valence-corrected chi connectivity index (χ3v) is 0.763. The predicted molar refractivity (Wildman–Crippen MR) is 24.2 cm³/mol. The van der Waals surface area contributed by atoms with E-state index in [0.717, 1.165) is 0 Å². The molecule has 9 heavy (non-hydrogen) atoms. The summed E-state index contributed by atoms with van der Waals surface area (Å²) in [5.74, 6) is -2.75. The van der Waals surface area contributed by atoms with Gasteiger partial charge in [-0.2, -0.15) is 22.0 Å². The summed E-state index contributed by atoms with van der Waals surface area (Å²) in [5.41, 5.74) is 0. The first-order valence-corrected chi connectivity index (χ1v) is 2.43. The van der Waals surface area contributed by atoms with Crippen LogP contribution >= 0.6 is 15.9 Å². The lowest BCUT2D eigenvalue weighted by Gasteiger charge is -1.99.